The fourth-order valence-electron chi connectivity index (χ4n) is 2.63. The number of likely N-dealkylation sites (N-methyl/N-ethyl adjacent to an activating group) is 1. The third-order valence-corrected chi connectivity index (χ3v) is 3.93. The number of carbonyl (C=O) groups is 1. The van der Waals surface area contributed by atoms with E-state index in [0.717, 1.165) is 45.2 Å². The Morgan fingerprint density at radius 1 is 1.08 bits per heavy atom. The van der Waals surface area contributed by atoms with Gasteiger partial charge in [-0.1, -0.05) is 0 Å². The van der Waals surface area contributed by atoms with Gasteiger partial charge >= 0.3 is 6.09 Å². The molecule has 152 valence electrons. The van der Waals surface area contributed by atoms with Crippen LogP contribution in [-0.4, -0.2) is 93.4 Å². The van der Waals surface area contributed by atoms with Gasteiger partial charge in [0.15, 0.2) is 5.96 Å². The molecule has 0 radical (unpaired) electrons. The molecule has 0 aromatic heterocycles. The predicted molar refractivity (Wildman–Crippen MR) is 107 cm³/mol. The minimum Gasteiger partial charge on any atom is -0.444 e. The highest BCUT2D eigenvalue weighted by molar-refractivity contribution is 5.79. The third kappa shape index (κ3) is 11.1. The molecule has 1 amide bonds. The molecule has 0 bridgehead atoms. The second kappa shape index (κ2) is 12.0. The van der Waals surface area contributed by atoms with Gasteiger partial charge < -0.3 is 30.5 Å². The number of amides is 1. The van der Waals surface area contributed by atoms with Crippen molar-refractivity contribution in [2.75, 3.05) is 66.0 Å². The van der Waals surface area contributed by atoms with Crippen LogP contribution in [0.4, 0.5) is 4.79 Å². The molecule has 1 rings (SSSR count). The maximum atomic E-state index is 11.6. The Balaban J connectivity index is 2.27. The van der Waals surface area contributed by atoms with Crippen molar-refractivity contribution in [3.8, 4) is 0 Å². The summed E-state index contributed by atoms with van der Waals surface area (Å²) >= 11 is 0. The lowest BCUT2D eigenvalue weighted by Crippen LogP contribution is -2.42. The Kier molecular flexibility index (Phi) is 10.3. The summed E-state index contributed by atoms with van der Waals surface area (Å²) in [5.74, 6) is 0.783. The fourth-order valence-corrected chi connectivity index (χ4v) is 2.63. The molecule has 8 nitrogen and oxygen atoms in total. The molecule has 1 heterocycles. The van der Waals surface area contributed by atoms with Crippen LogP contribution in [-0.2, 0) is 4.74 Å². The fraction of sp³-hybridized carbons (Fsp3) is 0.889. The Morgan fingerprint density at radius 2 is 1.81 bits per heavy atom. The molecule has 8 heteroatoms. The normalized spacial score (nSPS) is 17.5. The van der Waals surface area contributed by atoms with Crippen LogP contribution >= 0.6 is 0 Å². The third-order valence-electron chi connectivity index (χ3n) is 3.93. The van der Waals surface area contributed by atoms with E-state index in [1.165, 1.54) is 13.0 Å². The van der Waals surface area contributed by atoms with Gasteiger partial charge in [-0.3, -0.25) is 4.99 Å². The maximum Gasteiger partial charge on any atom is 0.407 e. The number of aliphatic imine (C=N–C) groups is 1. The summed E-state index contributed by atoms with van der Waals surface area (Å²) in [5.41, 5.74) is -0.476. The van der Waals surface area contributed by atoms with Crippen molar-refractivity contribution in [3.05, 3.63) is 0 Å². The number of nitrogens with one attached hydrogen (secondary N) is 3. The Hall–Kier alpha value is -1.54. The molecule has 3 N–H and O–H groups in total. The average molecular weight is 371 g/mol. The number of hydrogen-bond donors (Lipinski definition) is 3. The highest BCUT2D eigenvalue weighted by Gasteiger charge is 2.15. The van der Waals surface area contributed by atoms with Gasteiger partial charge in [0.1, 0.15) is 5.60 Å². The lowest BCUT2D eigenvalue weighted by Gasteiger charge is -2.20. The minimum absolute atomic E-state index is 0.396. The highest BCUT2D eigenvalue weighted by Crippen LogP contribution is 2.06. The van der Waals surface area contributed by atoms with E-state index in [4.69, 9.17) is 4.74 Å². The summed E-state index contributed by atoms with van der Waals surface area (Å²) in [6.07, 6.45) is 0.821. The quantitative estimate of drug-likeness (QED) is 0.348. The number of ether oxygens (including phenoxy) is 1. The Morgan fingerprint density at radius 3 is 2.50 bits per heavy atom. The van der Waals surface area contributed by atoms with E-state index < -0.39 is 11.7 Å². The molecule has 0 atom stereocenters. The minimum atomic E-state index is -0.476. The summed E-state index contributed by atoms with van der Waals surface area (Å²) in [5, 5.41) is 9.21. The van der Waals surface area contributed by atoms with Crippen LogP contribution in [0.3, 0.4) is 0 Å². The molecule has 0 aliphatic carbocycles. The molecule has 0 aromatic carbocycles. The summed E-state index contributed by atoms with van der Waals surface area (Å²) in [6.45, 7) is 15.8. The first kappa shape index (κ1) is 22.5. The maximum absolute atomic E-state index is 11.6. The molecule has 1 aliphatic heterocycles. The van der Waals surface area contributed by atoms with Gasteiger partial charge in [0.05, 0.1) is 6.54 Å². The number of hydrogen-bond acceptors (Lipinski definition) is 5. The van der Waals surface area contributed by atoms with Crippen LogP contribution in [0.1, 0.15) is 34.1 Å². The van der Waals surface area contributed by atoms with E-state index in [1.807, 2.05) is 27.7 Å². The van der Waals surface area contributed by atoms with E-state index in [-0.39, 0.29) is 0 Å². The largest absolute Gasteiger partial charge is 0.444 e. The standard InChI is InChI=1S/C18H38N6O2/c1-6-19-16(20-8-9-22-17(25)26-18(2,3)4)21-10-13-24-12-7-11-23(5)14-15-24/h6-15H2,1-5H3,(H,22,25)(H2,19,20,21). The van der Waals surface area contributed by atoms with Crippen molar-refractivity contribution >= 4 is 12.1 Å². The molecular weight excluding hydrogens is 332 g/mol. The number of guanidine groups is 1. The van der Waals surface area contributed by atoms with E-state index in [0.29, 0.717) is 13.1 Å². The summed E-state index contributed by atoms with van der Waals surface area (Å²) in [7, 11) is 2.18. The number of alkyl carbamates (subject to hydrolysis) is 1. The van der Waals surface area contributed by atoms with Gasteiger partial charge in [0, 0.05) is 39.3 Å². The molecule has 0 saturated carbocycles. The number of rotatable bonds is 7. The van der Waals surface area contributed by atoms with Crippen LogP contribution in [0.25, 0.3) is 0 Å². The van der Waals surface area contributed by atoms with Gasteiger partial charge in [-0.15, -0.1) is 0 Å². The molecular formula is C18H38N6O2. The van der Waals surface area contributed by atoms with Gasteiger partial charge in [-0.05, 0) is 54.3 Å². The lowest BCUT2D eigenvalue weighted by molar-refractivity contribution is 0.0529. The molecule has 1 saturated heterocycles. The first-order valence-corrected chi connectivity index (χ1v) is 9.70. The summed E-state index contributed by atoms with van der Waals surface area (Å²) < 4.78 is 5.21. The predicted octanol–water partition coefficient (Wildman–Crippen LogP) is 0.704. The van der Waals surface area contributed by atoms with E-state index in [1.54, 1.807) is 0 Å². The van der Waals surface area contributed by atoms with Crippen LogP contribution in [0, 0.1) is 0 Å². The monoisotopic (exact) mass is 370 g/mol. The van der Waals surface area contributed by atoms with Crippen LogP contribution in [0.15, 0.2) is 4.99 Å². The summed E-state index contributed by atoms with van der Waals surface area (Å²) in [6, 6.07) is 0. The van der Waals surface area contributed by atoms with E-state index in [2.05, 4.69) is 37.8 Å². The Bertz CT molecular complexity index is 436. The van der Waals surface area contributed by atoms with Gasteiger partial charge in [-0.2, -0.15) is 0 Å². The average Bonchev–Trinajstić information content (AvgIpc) is 2.74. The van der Waals surface area contributed by atoms with Crippen molar-refractivity contribution in [2.24, 2.45) is 4.99 Å². The van der Waals surface area contributed by atoms with Gasteiger partial charge in [-0.25, -0.2) is 4.79 Å². The zero-order valence-corrected chi connectivity index (χ0v) is 17.2. The first-order chi connectivity index (χ1) is 12.3. The highest BCUT2D eigenvalue weighted by atomic mass is 16.6. The second-order valence-corrected chi connectivity index (χ2v) is 7.61. The lowest BCUT2D eigenvalue weighted by atomic mass is 10.2. The number of nitrogens with zero attached hydrogens (tertiary/aromatic N) is 3. The van der Waals surface area contributed by atoms with Crippen LogP contribution in [0.5, 0.6) is 0 Å². The molecule has 0 spiro atoms. The molecule has 0 unspecified atom stereocenters. The molecule has 1 fully saturated rings. The SMILES string of the molecule is CCNC(=NCCN1CCCN(C)CC1)NCCNC(=O)OC(C)(C)C. The van der Waals surface area contributed by atoms with Crippen molar-refractivity contribution in [3.63, 3.8) is 0 Å². The smallest absolute Gasteiger partial charge is 0.407 e. The molecule has 1 aliphatic rings. The van der Waals surface area contributed by atoms with Gasteiger partial charge in [0.2, 0.25) is 0 Å². The summed E-state index contributed by atoms with van der Waals surface area (Å²) in [4.78, 5) is 21.1. The van der Waals surface area contributed by atoms with E-state index >= 15 is 0 Å². The van der Waals surface area contributed by atoms with Gasteiger partial charge in [0.25, 0.3) is 0 Å². The van der Waals surface area contributed by atoms with Crippen molar-refractivity contribution < 1.29 is 9.53 Å². The van der Waals surface area contributed by atoms with Crippen LogP contribution < -0.4 is 16.0 Å². The van der Waals surface area contributed by atoms with Crippen molar-refractivity contribution in [2.45, 2.75) is 39.7 Å². The van der Waals surface area contributed by atoms with E-state index in [9.17, 15) is 4.79 Å². The number of carbonyl (C=O) groups excluding carboxylic acids is 1. The Labute approximate surface area is 158 Å². The van der Waals surface area contributed by atoms with Crippen LogP contribution in [0.2, 0.25) is 0 Å². The van der Waals surface area contributed by atoms with Crippen molar-refractivity contribution in [1.29, 1.82) is 0 Å². The zero-order chi connectivity index (χ0) is 19.4. The topological polar surface area (TPSA) is 81.2 Å². The van der Waals surface area contributed by atoms with Crippen molar-refractivity contribution in [1.82, 2.24) is 25.8 Å². The molecule has 0 aromatic rings. The molecule has 26 heavy (non-hydrogen) atoms. The second-order valence-electron chi connectivity index (χ2n) is 7.61. The zero-order valence-electron chi connectivity index (χ0n) is 17.2. The first-order valence-electron chi connectivity index (χ1n) is 9.70.